The highest BCUT2D eigenvalue weighted by Gasteiger charge is 2.36. The van der Waals surface area contributed by atoms with Crippen LogP contribution < -0.4 is 5.32 Å². The van der Waals surface area contributed by atoms with Gasteiger partial charge in [-0.25, -0.2) is 0 Å². The summed E-state index contributed by atoms with van der Waals surface area (Å²) in [6, 6.07) is 4.04. The van der Waals surface area contributed by atoms with Crippen molar-refractivity contribution in [2.24, 2.45) is 13.0 Å². The van der Waals surface area contributed by atoms with Gasteiger partial charge in [-0.3, -0.25) is 9.48 Å². The molecule has 0 spiro atoms. The van der Waals surface area contributed by atoms with Crippen molar-refractivity contribution >= 4 is 17.2 Å². The zero-order chi connectivity index (χ0) is 15.5. The molecule has 3 heterocycles. The summed E-state index contributed by atoms with van der Waals surface area (Å²) < 4.78 is 7.55. The van der Waals surface area contributed by atoms with E-state index in [1.165, 1.54) is 10.4 Å². The van der Waals surface area contributed by atoms with Crippen LogP contribution in [0.2, 0.25) is 0 Å². The van der Waals surface area contributed by atoms with Crippen LogP contribution in [0.1, 0.15) is 28.7 Å². The Morgan fingerprint density at radius 3 is 3.09 bits per heavy atom. The molecule has 5 nitrogen and oxygen atoms in total. The summed E-state index contributed by atoms with van der Waals surface area (Å²) in [5.41, 5.74) is 2.27. The lowest BCUT2D eigenvalue weighted by Gasteiger charge is -2.18. The molecule has 2 atom stereocenters. The number of hydrogen-bond donors (Lipinski definition) is 1. The molecule has 3 rings (SSSR count). The highest BCUT2D eigenvalue weighted by Crippen LogP contribution is 2.34. The zero-order valence-corrected chi connectivity index (χ0v) is 13.7. The lowest BCUT2D eigenvalue weighted by Crippen LogP contribution is -2.34. The fourth-order valence-corrected chi connectivity index (χ4v) is 3.81. The number of aryl methyl sites for hydroxylation is 2. The number of hydrogen-bond acceptors (Lipinski definition) is 4. The van der Waals surface area contributed by atoms with Gasteiger partial charge < -0.3 is 10.1 Å². The first-order chi connectivity index (χ1) is 10.7. The number of ether oxygens (including phenoxy) is 1. The Hall–Kier alpha value is -1.66. The smallest absolute Gasteiger partial charge is 0.226 e. The molecule has 0 aromatic carbocycles. The van der Waals surface area contributed by atoms with Gasteiger partial charge in [0, 0.05) is 31.3 Å². The molecule has 2 aromatic rings. The Morgan fingerprint density at radius 2 is 2.41 bits per heavy atom. The van der Waals surface area contributed by atoms with Crippen LogP contribution in [0.15, 0.2) is 23.7 Å². The molecule has 1 aliphatic rings. The van der Waals surface area contributed by atoms with Crippen LogP contribution >= 0.6 is 11.3 Å². The molecule has 1 fully saturated rings. The average Bonchev–Trinajstić information content (AvgIpc) is 3.20. The first-order valence-corrected chi connectivity index (χ1v) is 8.45. The van der Waals surface area contributed by atoms with Gasteiger partial charge in [-0.15, -0.1) is 11.3 Å². The Kier molecular flexibility index (Phi) is 4.59. The van der Waals surface area contributed by atoms with Crippen molar-refractivity contribution in [3.63, 3.8) is 0 Å². The number of rotatable bonds is 5. The van der Waals surface area contributed by atoms with Gasteiger partial charge in [-0.1, -0.05) is 0 Å². The second-order valence-electron chi connectivity index (χ2n) is 5.63. The summed E-state index contributed by atoms with van der Waals surface area (Å²) in [6.45, 7) is 3.41. The average molecular weight is 319 g/mol. The summed E-state index contributed by atoms with van der Waals surface area (Å²) in [6.07, 6.45) is 3.21. The molecule has 1 saturated heterocycles. The van der Waals surface area contributed by atoms with Crippen molar-refractivity contribution in [1.29, 1.82) is 0 Å². The van der Waals surface area contributed by atoms with Gasteiger partial charge in [0.25, 0.3) is 0 Å². The maximum atomic E-state index is 12.5. The fraction of sp³-hybridized carbons (Fsp3) is 0.500. The summed E-state index contributed by atoms with van der Waals surface area (Å²) in [5.74, 6) is -0.0438. The Labute approximate surface area is 134 Å². The first-order valence-electron chi connectivity index (χ1n) is 7.57. The highest BCUT2D eigenvalue weighted by molar-refractivity contribution is 7.10. The van der Waals surface area contributed by atoms with E-state index in [9.17, 15) is 4.79 Å². The molecule has 118 valence electrons. The summed E-state index contributed by atoms with van der Waals surface area (Å²) in [7, 11) is 1.88. The molecule has 0 bridgehead atoms. The number of amides is 1. The standard InChI is InChI=1S/C16H21N3O2S/c1-11-6-10-22-14(11)4-7-17-16(20)12-5-9-21-15(12)13-3-8-18-19(13)2/h3,6,8,10,12,15H,4-5,7,9H2,1-2H3,(H,17,20)/t12-,15-/m1/s1. The molecule has 1 N–H and O–H groups in total. The summed E-state index contributed by atoms with van der Waals surface area (Å²) in [4.78, 5) is 13.8. The van der Waals surface area contributed by atoms with Crippen molar-refractivity contribution < 1.29 is 9.53 Å². The number of carbonyl (C=O) groups is 1. The number of nitrogens with one attached hydrogen (secondary N) is 1. The maximum Gasteiger partial charge on any atom is 0.226 e. The van der Waals surface area contributed by atoms with E-state index in [-0.39, 0.29) is 17.9 Å². The monoisotopic (exact) mass is 319 g/mol. The van der Waals surface area contributed by atoms with Crippen LogP contribution in [0.3, 0.4) is 0 Å². The molecule has 0 unspecified atom stereocenters. The fourth-order valence-electron chi connectivity index (χ4n) is 2.90. The predicted molar refractivity (Wildman–Crippen MR) is 85.8 cm³/mol. The van der Waals surface area contributed by atoms with E-state index in [1.807, 2.05) is 13.1 Å². The third kappa shape index (κ3) is 3.08. The Bertz CT molecular complexity index is 649. The largest absolute Gasteiger partial charge is 0.371 e. The van der Waals surface area contributed by atoms with Crippen LogP contribution in [0, 0.1) is 12.8 Å². The van der Waals surface area contributed by atoms with Gasteiger partial charge in [0.05, 0.1) is 11.6 Å². The second-order valence-corrected chi connectivity index (χ2v) is 6.63. The minimum absolute atomic E-state index is 0.0814. The van der Waals surface area contributed by atoms with E-state index in [0.29, 0.717) is 13.2 Å². The normalized spacial score (nSPS) is 21.2. The molecule has 2 aromatic heterocycles. The van der Waals surface area contributed by atoms with Gasteiger partial charge in [-0.05, 0) is 42.8 Å². The topological polar surface area (TPSA) is 56.1 Å². The molecule has 0 aliphatic carbocycles. The molecule has 6 heteroatoms. The van der Waals surface area contributed by atoms with Crippen molar-refractivity contribution in [3.05, 3.63) is 39.8 Å². The van der Waals surface area contributed by atoms with Crippen LogP contribution in [-0.2, 0) is 23.0 Å². The van der Waals surface area contributed by atoms with E-state index in [2.05, 4.69) is 28.8 Å². The Morgan fingerprint density at radius 1 is 1.55 bits per heavy atom. The van der Waals surface area contributed by atoms with Gasteiger partial charge in [0.1, 0.15) is 6.10 Å². The molecule has 1 aliphatic heterocycles. The highest BCUT2D eigenvalue weighted by atomic mass is 32.1. The Balaban J connectivity index is 1.57. The molecule has 0 radical (unpaired) electrons. The minimum Gasteiger partial charge on any atom is -0.371 e. The molecule has 1 amide bonds. The van der Waals surface area contributed by atoms with Crippen LogP contribution in [0.25, 0.3) is 0 Å². The number of thiophene rings is 1. The van der Waals surface area contributed by atoms with Crippen LogP contribution in [0.5, 0.6) is 0 Å². The maximum absolute atomic E-state index is 12.5. The van der Waals surface area contributed by atoms with Gasteiger partial charge in [0.15, 0.2) is 0 Å². The summed E-state index contributed by atoms with van der Waals surface area (Å²) >= 11 is 1.75. The van der Waals surface area contributed by atoms with Gasteiger partial charge in [0.2, 0.25) is 5.91 Å². The van der Waals surface area contributed by atoms with Crippen molar-refractivity contribution in [3.8, 4) is 0 Å². The van der Waals surface area contributed by atoms with E-state index in [0.717, 1.165) is 18.5 Å². The number of carbonyl (C=O) groups excluding carboxylic acids is 1. The van der Waals surface area contributed by atoms with Crippen LogP contribution in [-0.4, -0.2) is 28.8 Å². The van der Waals surface area contributed by atoms with Crippen molar-refractivity contribution in [1.82, 2.24) is 15.1 Å². The third-order valence-electron chi connectivity index (χ3n) is 4.20. The summed E-state index contributed by atoms with van der Waals surface area (Å²) in [5, 5.41) is 9.32. The van der Waals surface area contributed by atoms with E-state index >= 15 is 0 Å². The third-order valence-corrected chi connectivity index (χ3v) is 5.28. The zero-order valence-electron chi connectivity index (χ0n) is 12.9. The number of aromatic nitrogens is 2. The SMILES string of the molecule is Cc1ccsc1CCNC(=O)[C@@H]1CCO[C@H]1c1ccnn1C. The first kappa shape index (κ1) is 15.2. The van der Waals surface area contributed by atoms with Crippen molar-refractivity contribution in [2.75, 3.05) is 13.2 Å². The quantitative estimate of drug-likeness (QED) is 0.919. The second kappa shape index (κ2) is 6.62. The molecule has 0 saturated carbocycles. The lowest BCUT2D eigenvalue weighted by atomic mass is 9.98. The van der Waals surface area contributed by atoms with Crippen molar-refractivity contribution in [2.45, 2.75) is 25.9 Å². The van der Waals surface area contributed by atoms with Gasteiger partial charge >= 0.3 is 0 Å². The van der Waals surface area contributed by atoms with E-state index in [1.54, 1.807) is 22.2 Å². The molecular formula is C16H21N3O2S. The lowest BCUT2D eigenvalue weighted by molar-refractivity contribution is -0.126. The minimum atomic E-state index is -0.184. The van der Waals surface area contributed by atoms with E-state index < -0.39 is 0 Å². The molecular weight excluding hydrogens is 298 g/mol. The number of nitrogens with zero attached hydrogens (tertiary/aromatic N) is 2. The predicted octanol–water partition coefficient (Wildman–Crippen LogP) is 2.23. The van der Waals surface area contributed by atoms with Gasteiger partial charge in [-0.2, -0.15) is 5.10 Å². The van der Waals surface area contributed by atoms with E-state index in [4.69, 9.17) is 4.74 Å². The molecule has 22 heavy (non-hydrogen) atoms. The van der Waals surface area contributed by atoms with Crippen LogP contribution in [0.4, 0.5) is 0 Å².